The van der Waals surface area contributed by atoms with Gasteiger partial charge in [0.15, 0.2) is 5.82 Å². The Bertz CT molecular complexity index is 1180. The Hall–Kier alpha value is -3.89. The minimum atomic E-state index is -4.52. The largest absolute Gasteiger partial charge is 0.467 e. The van der Waals surface area contributed by atoms with E-state index in [1.165, 1.54) is 19.2 Å². The highest BCUT2D eigenvalue weighted by atomic mass is 19.4. The molecule has 11 heteroatoms. The maximum atomic E-state index is 12.9. The number of nitrogens with one attached hydrogen (secondary N) is 3. The molecule has 2 aromatic carbocycles. The Balaban J connectivity index is 1.77. The third kappa shape index (κ3) is 6.12. The van der Waals surface area contributed by atoms with Crippen molar-refractivity contribution in [3.63, 3.8) is 0 Å². The maximum Gasteiger partial charge on any atom is 0.416 e. The highest BCUT2D eigenvalue weighted by Gasteiger charge is 2.30. The van der Waals surface area contributed by atoms with Crippen molar-refractivity contribution in [3.05, 3.63) is 59.9 Å². The molecular formula is C23H24F3N5O3. The summed E-state index contributed by atoms with van der Waals surface area (Å²) in [7, 11) is 1.30. The van der Waals surface area contributed by atoms with Gasteiger partial charge in [-0.1, -0.05) is 32.0 Å². The number of para-hydroxylation sites is 1. The Labute approximate surface area is 193 Å². The molecule has 1 aromatic heterocycles. The Morgan fingerprint density at radius 2 is 1.79 bits per heavy atom. The Morgan fingerprint density at radius 1 is 1.06 bits per heavy atom. The zero-order chi connectivity index (χ0) is 24.9. The fraction of sp³-hybridized carbons (Fsp3) is 0.304. The van der Waals surface area contributed by atoms with E-state index in [9.17, 15) is 22.8 Å². The number of esters is 1. The number of carbonyl (C=O) groups excluding carboxylic acids is 2. The quantitative estimate of drug-likeness (QED) is 0.432. The molecule has 3 aromatic rings. The minimum absolute atomic E-state index is 0.00744. The van der Waals surface area contributed by atoms with Crippen molar-refractivity contribution in [2.75, 3.05) is 17.7 Å². The van der Waals surface area contributed by atoms with Crippen molar-refractivity contribution in [2.24, 2.45) is 5.92 Å². The van der Waals surface area contributed by atoms with Crippen molar-refractivity contribution in [1.82, 2.24) is 15.3 Å². The summed E-state index contributed by atoms with van der Waals surface area (Å²) in [5.74, 6) is 0.0939. The number of anilines is 2. The molecule has 0 fully saturated rings. The third-order valence-electron chi connectivity index (χ3n) is 4.92. The molecule has 3 rings (SSSR count). The monoisotopic (exact) mass is 475 g/mol. The highest BCUT2D eigenvalue weighted by molar-refractivity contribution is 5.91. The standard InChI is InChI=1S/C23H24F3N5O3/c1-13(2)19(21(32)34-3)31-20-16-9-4-5-10-17(16)29-18(30-20)12-27-22(33)28-15-8-6-7-14(11-15)23(24,25)26/h4-11,13,19H,12H2,1-3H3,(H2,27,28,33)(H,29,30,31)/t19-/m0/s1. The van der Waals surface area contributed by atoms with Gasteiger partial charge in [0.1, 0.15) is 11.9 Å². The van der Waals surface area contributed by atoms with Crippen LogP contribution in [-0.2, 0) is 22.3 Å². The predicted octanol–water partition coefficient (Wildman–Crippen LogP) is 4.58. The van der Waals surface area contributed by atoms with Crippen LogP contribution >= 0.6 is 0 Å². The lowest BCUT2D eigenvalue weighted by molar-refractivity contribution is -0.142. The molecule has 0 unspecified atom stereocenters. The van der Waals surface area contributed by atoms with Crippen molar-refractivity contribution < 1.29 is 27.5 Å². The van der Waals surface area contributed by atoms with Crippen LogP contribution in [-0.4, -0.2) is 35.1 Å². The predicted molar refractivity (Wildman–Crippen MR) is 121 cm³/mol. The van der Waals surface area contributed by atoms with Crippen LogP contribution < -0.4 is 16.0 Å². The van der Waals surface area contributed by atoms with Gasteiger partial charge in [-0.05, 0) is 36.2 Å². The van der Waals surface area contributed by atoms with Gasteiger partial charge in [-0.3, -0.25) is 0 Å². The Morgan fingerprint density at radius 3 is 2.47 bits per heavy atom. The van der Waals surface area contributed by atoms with E-state index in [1.54, 1.807) is 24.3 Å². The van der Waals surface area contributed by atoms with E-state index >= 15 is 0 Å². The number of amides is 2. The molecule has 0 saturated carbocycles. The van der Waals surface area contributed by atoms with Gasteiger partial charge >= 0.3 is 18.2 Å². The summed E-state index contributed by atoms with van der Waals surface area (Å²) in [6.45, 7) is 3.62. The number of hydrogen-bond donors (Lipinski definition) is 3. The molecule has 0 bridgehead atoms. The summed E-state index contributed by atoms with van der Waals surface area (Å²) in [5.41, 5.74) is -0.293. The second-order valence-electron chi connectivity index (χ2n) is 7.78. The maximum absolute atomic E-state index is 12.9. The van der Waals surface area contributed by atoms with Gasteiger partial charge in [0.25, 0.3) is 0 Å². The van der Waals surface area contributed by atoms with E-state index in [0.717, 1.165) is 12.1 Å². The van der Waals surface area contributed by atoms with Crippen LogP contribution in [0.4, 0.5) is 29.5 Å². The summed E-state index contributed by atoms with van der Waals surface area (Å²) >= 11 is 0. The molecule has 0 aliphatic rings. The number of ether oxygens (including phenoxy) is 1. The normalized spacial score (nSPS) is 12.3. The van der Waals surface area contributed by atoms with Crippen LogP contribution in [0.5, 0.6) is 0 Å². The molecule has 3 N–H and O–H groups in total. The molecule has 1 atom stereocenters. The lowest BCUT2D eigenvalue weighted by Crippen LogP contribution is -2.36. The first-order valence-electron chi connectivity index (χ1n) is 10.4. The average Bonchev–Trinajstić information content (AvgIpc) is 2.80. The van der Waals surface area contributed by atoms with Crippen LogP contribution in [0.3, 0.4) is 0 Å². The molecule has 1 heterocycles. The summed E-state index contributed by atoms with van der Waals surface area (Å²) in [5, 5.41) is 8.67. The molecule has 0 aliphatic heterocycles. The molecule has 180 valence electrons. The van der Waals surface area contributed by atoms with Gasteiger partial charge in [0.2, 0.25) is 0 Å². The van der Waals surface area contributed by atoms with Crippen LogP contribution in [0.25, 0.3) is 10.9 Å². The summed E-state index contributed by atoms with van der Waals surface area (Å²) < 4.78 is 43.5. The number of carbonyl (C=O) groups is 2. The lowest BCUT2D eigenvalue weighted by Gasteiger charge is -2.21. The van der Waals surface area contributed by atoms with Crippen LogP contribution in [0, 0.1) is 5.92 Å². The van der Waals surface area contributed by atoms with Gasteiger partial charge < -0.3 is 20.7 Å². The number of halogens is 3. The number of methoxy groups -OCH3 is 1. The second kappa shape index (κ2) is 10.4. The molecule has 0 saturated heterocycles. The molecule has 34 heavy (non-hydrogen) atoms. The molecule has 8 nitrogen and oxygen atoms in total. The first-order valence-corrected chi connectivity index (χ1v) is 10.4. The van der Waals surface area contributed by atoms with Gasteiger partial charge in [-0.25, -0.2) is 19.6 Å². The molecular weight excluding hydrogens is 451 g/mol. The third-order valence-corrected chi connectivity index (χ3v) is 4.92. The van der Waals surface area contributed by atoms with Crippen LogP contribution in [0.2, 0.25) is 0 Å². The smallest absolute Gasteiger partial charge is 0.416 e. The van der Waals surface area contributed by atoms with Crippen molar-refractivity contribution in [1.29, 1.82) is 0 Å². The minimum Gasteiger partial charge on any atom is -0.467 e. The number of fused-ring (bicyclic) bond motifs is 1. The lowest BCUT2D eigenvalue weighted by atomic mass is 10.0. The summed E-state index contributed by atoms with van der Waals surface area (Å²) in [6, 6.07) is 10.1. The number of alkyl halides is 3. The average molecular weight is 475 g/mol. The zero-order valence-electron chi connectivity index (χ0n) is 18.7. The molecule has 2 amide bonds. The van der Waals surface area contributed by atoms with Crippen LogP contribution in [0.1, 0.15) is 25.2 Å². The van der Waals surface area contributed by atoms with Crippen molar-refractivity contribution in [3.8, 4) is 0 Å². The second-order valence-corrected chi connectivity index (χ2v) is 7.78. The van der Waals surface area contributed by atoms with E-state index in [1.807, 2.05) is 13.8 Å². The van der Waals surface area contributed by atoms with E-state index in [4.69, 9.17) is 4.74 Å². The van der Waals surface area contributed by atoms with E-state index in [2.05, 4.69) is 25.9 Å². The number of nitrogens with zero attached hydrogens (tertiary/aromatic N) is 2. The zero-order valence-corrected chi connectivity index (χ0v) is 18.7. The number of benzene rings is 2. The van der Waals surface area contributed by atoms with Crippen molar-refractivity contribution >= 4 is 34.4 Å². The molecule has 0 spiro atoms. The number of rotatable bonds is 7. The van der Waals surface area contributed by atoms with Crippen LogP contribution in [0.15, 0.2) is 48.5 Å². The Kier molecular flexibility index (Phi) is 7.54. The van der Waals surface area contributed by atoms with E-state index in [-0.39, 0.29) is 24.0 Å². The highest BCUT2D eigenvalue weighted by Crippen LogP contribution is 2.30. The topological polar surface area (TPSA) is 105 Å². The first kappa shape index (κ1) is 24.7. The fourth-order valence-corrected chi connectivity index (χ4v) is 3.19. The number of hydrogen-bond acceptors (Lipinski definition) is 6. The summed E-state index contributed by atoms with van der Waals surface area (Å²) in [4.78, 5) is 33.3. The van der Waals surface area contributed by atoms with Gasteiger partial charge in [0.05, 0.1) is 24.7 Å². The molecule has 0 radical (unpaired) electrons. The van der Waals surface area contributed by atoms with Gasteiger partial charge in [-0.15, -0.1) is 0 Å². The fourth-order valence-electron chi connectivity index (χ4n) is 3.19. The van der Waals surface area contributed by atoms with Crippen molar-refractivity contribution in [2.45, 2.75) is 32.6 Å². The number of urea groups is 1. The summed E-state index contributed by atoms with van der Waals surface area (Å²) in [6.07, 6.45) is -4.52. The molecule has 0 aliphatic carbocycles. The SMILES string of the molecule is COC(=O)[C@@H](Nc1nc(CNC(=O)Nc2cccc(C(F)(F)F)c2)nc2ccccc12)C(C)C. The van der Waals surface area contributed by atoms with E-state index in [0.29, 0.717) is 16.7 Å². The number of aromatic nitrogens is 2. The van der Waals surface area contributed by atoms with E-state index < -0.39 is 29.8 Å². The van der Waals surface area contributed by atoms with Gasteiger partial charge in [0, 0.05) is 11.1 Å². The van der Waals surface area contributed by atoms with Gasteiger partial charge in [-0.2, -0.15) is 13.2 Å². The first-order chi connectivity index (χ1) is 16.1.